The van der Waals surface area contributed by atoms with Crippen LogP contribution < -0.4 is 5.56 Å². The molecule has 0 aliphatic heterocycles. The molecule has 4 aromatic rings. The highest BCUT2D eigenvalue weighted by Crippen LogP contribution is 2.30. The van der Waals surface area contributed by atoms with Crippen LogP contribution in [0.15, 0.2) is 71.9 Å². The van der Waals surface area contributed by atoms with Gasteiger partial charge in [-0.2, -0.15) is 0 Å². The summed E-state index contributed by atoms with van der Waals surface area (Å²) in [6.45, 7) is 2.67. The van der Waals surface area contributed by atoms with E-state index in [1.165, 1.54) is 6.33 Å². The third kappa shape index (κ3) is 4.49. The predicted octanol–water partition coefficient (Wildman–Crippen LogP) is 4.92. The summed E-state index contributed by atoms with van der Waals surface area (Å²) in [5.41, 5.74) is 4.14. The van der Waals surface area contributed by atoms with E-state index >= 15 is 0 Å². The largest absolute Gasteiger partial charge is 0.341 e. The first kappa shape index (κ1) is 21.6. The van der Waals surface area contributed by atoms with Crippen LogP contribution in [0.1, 0.15) is 38.2 Å². The molecule has 0 bridgehead atoms. The number of carbonyl (C=O) groups is 1. The Balaban J connectivity index is 1.68. The molecule has 0 unspecified atom stereocenters. The molecule has 1 amide bonds. The van der Waals surface area contributed by atoms with E-state index in [-0.39, 0.29) is 11.5 Å². The summed E-state index contributed by atoms with van der Waals surface area (Å²) in [6, 6.07) is 17.9. The van der Waals surface area contributed by atoms with Crippen molar-refractivity contribution in [3.8, 4) is 16.8 Å². The first-order valence-electron chi connectivity index (χ1n) is 11.1. The first-order valence-corrected chi connectivity index (χ1v) is 11.1. The average Bonchev–Trinajstić information content (AvgIpc) is 3.21. The Morgan fingerprint density at radius 3 is 2.69 bits per heavy atom. The number of amides is 1. The number of para-hydroxylation sites is 1. The van der Waals surface area contributed by atoms with Crippen LogP contribution in [0.2, 0.25) is 0 Å². The third-order valence-corrected chi connectivity index (χ3v) is 5.70. The maximum atomic E-state index is 12.7. The minimum atomic E-state index is -0.173. The summed E-state index contributed by atoms with van der Waals surface area (Å²) in [5.74, 6) is 0.158. The molecular formula is C26H28N4O2. The first-order chi connectivity index (χ1) is 15.6. The highest BCUT2D eigenvalue weighted by atomic mass is 16.2. The second-order valence-electron chi connectivity index (χ2n) is 8.09. The number of aromatic nitrogens is 3. The number of carbonyl (C=O) groups excluding carboxylic acids is 1. The monoisotopic (exact) mass is 428 g/mol. The van der Waals surface area contributed by atoms with Crippen LogP contribution in [0.3, 0.4) is 0 Å². The zero-order valence-corrected chi connectivity index (χ0v) is 18.5. The number of unbranched alkanes of at least 4 members (excludes halogenated alkanes) is 2. The molecule has 6 heteroatoms. The van der Waals surface area contributed by atoms with Crippen molar-refractivity contribution in [3.63, 3.8) is 0 Å². The van der Waals surface area contributed by atoms with Crippen molar-refractivity contribution >= 4 is 16.9 Å². The number of hydrogen-bond acceptors (Lipinski definition) is 3. The molecule has 0 fully saturated rings. The number of fused-ring (bicyclic) bond motifs is 1. The van der Waals surface area contributed by atoms with Gasteiger partial charge >= 0.3 is 0 Å². The number of aromatic amines is 1. The van der Waals surface area contributed by atoms with Gasteiger partial charge in [-0.1, -0.05) is 56.2 Å². The third-order valence-electron chi connectivity index (χ3n) is 5.70. The van der Waals surface area contributed by atoms with Gasteiger partial charge in [0.05, 0.1) is 11.7 Å². The van der Waals surface area contributed by atoms with Gasteiger partial charge in [0.15, 0.2) is 5.65 Å². The van der Waals surface area contributed by atoms with Crippen molar-refractivity contribution < 1.29 is 4.79 Å². The van der Waals surface area contributed by atoms with Gasteiger partial charge in [0.2, 0.25) is 5.91 Å². The summed E-state index contributed by atoms with van der Waals surface area (Å²) in [7, 11) is 1.84. The van der Waals surface area contributed by atoms with E-state index in [9.17, 15) is 9.59 Å². The molecule has 0 saturated carbocycles. The van der Waals surface area contributed by atoms with Crippen molar-refractivity contribution in [2.24, 2.45) is 0 Å². The van der Waals surface area contributed by atoms with Crippen LogP contribution in [0.5, 0.6) is 0 Å². The van der Waals surface area contributed by atoms with Crippen molar-refractivity contribution in [3.05, 3.63) is 83.0 Å². The molecule has 0 radical (unpaired) electrons. The fourth-order valence-electron chi connectivity index (χ4n) is 3.99. The molecule has 2 aromatic heterocycles. The van der Waals surface area contributed by atoms with Crippen LogP contribution >= 0.6 is 0 Å². The van der Waals surface area contributed by atoms with Gasteiger partial charge in [-0.05, 0) is 35.7 Å². The average molecular weight is 429 g/mol. The zero-order valence-electron chi connectivity index (χ0n) is 18.5. The molecule has 0 atom stereocenters. The van der Waals surface area contributed by atoms with Gasteiger partial charge in [-0.15, -0.1) is 0 Å². The zero-order chi connectivity index (χ0) is 22.5. The molecule has 4 rings (SSSR count). The SMILES string of the molecule is CCCCCC(=O)N(C)Cc1cccc(-c2cn(-c3ccccc3)c3nc[nH]c(=O)c23)c1. The van der Waals surface area contributed by atoms with Gasteiger partial charge < -0.3 is 14.5 Å². The van der Waals surface area contributed by atoms with Gasteiger partial charge in [0.25, 0.3) is 5.56 Å². The molecule has 32 heavy (non-hydrogen) atoms. The lowest BCUT2D eigenvalue weighted by Gasteiger charge is -2.17. The lowest BCUT2D eigenvalue weighted by Crippen LogP contribution is -2.25. The maximum Gasteiger partial charge on any atom is 0.260 e. The van der Waals surface area contributed by atoms with E-state index in [2.05, 4.69) is 16.9 Å². The van der Waals surface area contributed by atoms with Gasteiger partial charge in [0.1, 0.15) is 0 Å². The molecule has 2 aromatic carbocycles. The topological polar surface area (TPSA) is 71.0 Å². The van der Waals surface area contributed by atoms with Crippen molar-refractivity contribution in [2.75, 3.05) is 7.05 Å². The fourth-order valence-corrected chi connectivity index (χ4v) is 3.99. The van der Waals surface area contributed by atoms with E-state index in [0.717, 1.165) is 41.6 Å². The molecule has 6 nitrogen and oxygen atoms in total. The molecule has 0 aliphatic rings. The maximum absolute atomic E-state index is 12.7. The quantitative estimate of drug-likeness (QED) is 0.405. The van der Waals surface area contributed by atoms with Crippen molar-refractivity contribution in [1.29, 1.82) is 0 Å². The summed E-state index contributed by atoms with van der Waals surface area (Å²) in [5, 5.41) is 0.553. The minimum absolute atomic E-state index is 0.158. The number of nitrogens with zero attached hydrogens (tertiary/aromatic N) is 3. The Morgan fingerprint density at radius 1 is 1.09 bits per heavy atom. The molecule has 0 saturated heterocycles. The standard InChI is InChI=1S/C26H28N4O2/c1-3-4-6-14-23(31)29(2)16-19-10-9-11-20(15-19)22-17-30(21-12-7-5-8-13-21)25-24(22)26(32)28-18-27-25/h5,7-13,15,17-18H,3-4,6,14,16H2,1-2H3,(H,27,28,32). The number of H-pyrrole nitrogens is 1. The fraction of sp³-hybridized carbons (Fsp3) is 0.269. The normalized spacial score (nSPS) is 11.1. The van der Waals surface area contributed by atoms with Crippen LogP contribution in [-0.2, 0) is 11.3 Å². The Morgan fingerprint density at radius 2 is 1.91 bits per heavy atom. The van der Waals surface area contributed by atoms with Gasteiger partial charge in [-0.25, -0.2) is 4.98 Å². The molecule has 1 N–H and O–H groups in total. The summed E-state index contributed by atoms with van der Waals surface area (Å²) < 4.78 is 1.94. The summed E-state index contributed by atoms with van der Waals surface area (Å²) in [4.78, 5) is 34.1. The van der Waals surface area contributed by atoms with E-state index in [1.54, 1.807) is 4.90 Å². The van der Waals surface area contributed by atoms with Crippen LogP contribution in [0.25, 0.3) is 27.8 Å². The molecule has 0 spiro atoms. The molecule has 164 valence electrons. The van der Waals surface area contributed by atoms with Gasteiger partial charge in [-0.3, -0.25) is 9.59 Å². The predicted molar refractivity (Wildman–Crippen MR) is 128 cm³/mol. The van der Waals surface area contributed by atoms with Crippen LogP contribution in [0, 0.1) is 0 Å². The lowest BCUT2D eigenvalue weighted by molar-refractivity contribution is -0.130. The minimum Gasteiger partial charge on any atom is -0.341 e. The van der Waals surface area contributed by atoms with E-state index in [4.69, 9.17) is 0 Å². The number of nitrogens with one attached hydrogen (secondary N) is 1. The Bertz CT molecular complexity index is 1270. The Hall–Kier alpha value is -3.67. The molecular weight excluding hydrogens is 400 g/mol. The Kier molecular flexibility index (Phi) is 6.50. The summed E-state index contributed by atoms with van der Waals surface area (Å²) >= 11 is 0. The number of benzene rings is 2. The number of rotatable bonds is 8. The highest BCUT2D eigenvalue weighted by molar-refractivity contribution is 5.94. The van der Waals surface area contributed by atoms with E-state index < -0.39 is 0 Å². The van der Waals surface area contributed by atoms with E-state index in [0.29, 0.717) is 24.0 Å². The van der Waals surface area contributed by atoms with Gasteiger partial charge in [0, 0.05) is 37.5 Å². The van der Waals surface area contributed by atoms with Crippen LogP contribution in [-0.4, -0.2) is 32.4 Å². The molecule has 0 aliphatic carbocycles. The van der Waals surface area contributed by atoms with E-state index in [1.807, 2.05) is 72.4 Å². The number of hydrogen-bond donors (Lipinski definition) is 1. The molecule has 2 heterocycles. The van der Waals surface area contributed by atoms with Crippen LogP contribution in [0.4, 0.5) is 0 Å². The second kappa shape index (κ2) is 9.64. The smallest absolute Gasteiger partial charge is 0.260 e. The second-order valence-corrected chi connectivity index (χ2v) is 8.09. The Labute approximate surface area is 187 Å². The van der Waals surface area contributed by atoms with Crippen molar-refractivity contribution in [1.82, 2.24) is 19.4 Å². The van der Waals surface area contributed by atoms with Crippen molar-refractivity contribution in [2.45, 2.75) is 39.2 Å². The highest BCUT2D eigenvalue weighted by Gasteiger charge is 2.16. The summed E-state index contributed by atoms with van der Waals surface area (Å²) in [6.07, 6.45) is 7.07. The lowest BCUT2D eigenvalue weighted by atomic mass is 10.0.